The highest BCUT2D eigenvalue weighted by atomic mass is 16.4. The number of aliphatic carboxylic acids is 1. The van der Waals surface area contributed by atoms with Crippen molar-refractivity contribution in [3.63, 3.8) is 0 Å². The first-order valence-corrected chi connectivity index (χ1v) is 11.3. The monoisotopic (exact) mass is 444 g/mol. The van der Waals surface area contributed by atoms with E-state index in [0.717, 1.165) is 30.5 Å². The van der Waals surface area contributed by atoms with Gasteiger partial charge in [-0.1, -0.05) is 34.6 Å². The van der Waals surface area contributed by atoms with Gasteiger partial charge in [0, 0.05) is 37.7 Å². The Morgan fingerprint density at radius 3 is 2.66 bits per heavy atom. The SMILES string of the molecule is Cn1c(=O)n(CC(C)(C)C)c2ccc(C3CCC(C)(C)C(NC(CC=O)C(=O)O)C3)nc21. The number of hydrogen-bond donors (Lipinski definition) is 2. The summed E-state index contributed by atoms with van der Waals surface area (Å²) in [4.78, 5) is 40.2. The highest BCUT2D eigenvalue weighted by Crippen LogP contribution is 2.42. The van der Waals surface area contributed by atoms with Crippen molar-refractivity contribution in [2.24, 2.45) is 17.9 Å². The molecule has 0 saturated heterocycles. The summed E-state index contributed by atoms with van der Waals surface area (Å²) < 4.78 is 3.40. The number of hydrogen-bond acceptors (Lipinski definition) is 5. The standard InChI is InChI=1S/C24H36N4O4/c1-23(2,3)14-28-18-8-7-16(26-20(18)27(6)22(28)32)15-9-11-24(4,5)19(13-15)25-17(10-12-29)21(30)31/h7-8,12,15,17,19,25H,9-11,13-14H2,1-6H3,(H,30,31). The first-order chi connectivity index (χ1) is 14.8. The normalized spacial score (nSPS) is 22.1. The van der Waals surface area contributed by atoms with Gasteiger partial charge in [0.15, 0.2) is 5.65 Å². The fourth-order valence-electron chi connectivity index (χ4n) is 4.73. The summed E-state index contributed by atoms with van der Waals surface area (Å²) in [6.07, 6.45) is 3.17. The molecule has 2 aromatic rings. The number of aldehydes is 1. The Kier molecular flexibility index (Phi) is 6.65. The Hall–Kier alpha value is -2.48. The molecule has 1 aliphatic carbocycles. The summed E-state index contributed by atoms with van der Waals surface area (Å²) in [5.41, 5.74) is 2.23. The van der Waals surface area contributed by atoms with Crippen molar-refractivity contribution in [1.29, 1.82) is 0 Å². The Labute approximate surface area is 189 Å². The Bertz CT molecular complexity index is 1060. The number of nitrogens with zero attached hydrogens (tertiary/aromatic N) is 3. The Morgan fingerprint density at radius 2 is 2.06 bits per heavy atom. The van der Waals surface area contributed by atoms with E-state index in [-0.39, 0.29) is 34.9 Å². The lowest BCUT2D eigenvalue weighted by Gasteiger charge is -2.43. The zero-order valence-electron chi connectivity index (χ0n) is 20.0. The van der Waals surface area contributed by atoms with Crippen molar-refractivity contribution < 1.29 is 14.7 Å². The van der Waals surface area contributed by atoms with Crippen molar-refractivity contribution in [1.82, 2.24) is 19.4 Å². The van der Waals surface area contributed by atoms with Crippen LogP contribution >= 0.6 is 0 Å². The number of aryl methyl sites for hydroxylation is 1. The molecule has 1 aliphatic rings. The molecule has 3 rings (SSSR count). The molecule has 0 aromatic carbocycles. The van der Waals surface area contributed by atoms with Gasteiger partial charge in [0.2, 0.25) is 0 Å². The second kappa shape index (κ2) is 8.81. The maximum Gasteiger partial charge on any atom is 0.330 e. The number of rotatable bonds is 7. The van der Waals surface area contributed by atoms with E-state index in [0.29, 0.717) is 18.5 Å². The minimum atomic E-state index is -1.01. The van der Waals surface area contributed by atoms with Crippen molar-refractivity contribution in [2.45, 2.75) is 84.8 Å². The molecule has 0 radical (unpaired) electrons. The van der Waals surface area contributed by atoms with Gasteiger partial charge in [0.25, 0.3) is 0 Å². The molecule has 3 unspecified atom stereocenters. The van der Waals surface area contributed by atoms with Gasteiger partial charge in [0.05, 0.1) is 5.52 Å². The molecule has 2 aromatic heterocycles. The smallest absolute Gasteiger partial charge is 0.330 e. The van der Waals surface area contributed by atoms with Crippen LogP contribution in [0.5, 0.6) is 0 Å². The molecular weight excluding hydrogens is 408 g/mol. The van der Waals surface area contributed by atoms with Crippen molar-refractivity contribution in [3.8, 4) is 0 Å². The average molecular weight is 445 g/mol. The van der Waals surface area contributed by atoms with E-state index in [4.69, 9.17) is 4.98 Å². The number of aromatic nitrogens is 3. The van der Waals surface area contributed by atoms with Crippen LogP contribution in [0, 0.1) is 10.8 Å². The predicted molar refractivity (Wildman–Crippen MR) is 124 cm³/mol. The third-order valence-electron chi connectivity index (χ3n) is 6.69. The first-order valence-electron chi connectivity index (χ1n) is 11.3. The van der Waals surface area contributed by atoms with Crippen molar-refractivity contribution >= 4 is 23.4 Å². The van der Waals surface area contributed by atoms with Crippen LogP contribution in [0.4, 0.5) is 0 Å². The maximum atomic E-state index is 12.8. The molecule has 0 spiro atoms. The zero-order chi connectivity index (χ0) is 23.8. The van der Waals surface area contributed by atoms with Gasteiger partial charge in [-0.15, -0.1) is 0 Å². The van der Waals surface area contributed by atoms with Crippen LogP contribution in [0.25, 0.3) is 11.2 Å². The molecule has 2 N–H and O–H groups in total. The summed E-state index contributed by atoms with van der Waals surface area (Å²) in [7, 11) is 1.76. The van der Waals surface area contributed by atoms with Crippen LogP contribution < -0.4 is 11.0 Å². The van der Waals surface area contributed by atoms with Crippen LogP contribution in [-0.4, -0.2) is 43.6 Å². The summed E-state index contributed by atoms with van der Waals surface area (Å²) >= 11 is 0. The Morgan fingerprint density at radius 1 is 1.38 bits per heavy atom. The van der Waals surface area contributed by atoms with Gasteiger partial charge in [-0.05, 0) is 42.2 Å². The average Bonchev–Trinajstić information content (AvgIpc) is 2.92. The lowest BCUT2D eigenvalue weighted by Crippen LogP contribution is -2.52. The quantitative estimate of drug-likeness (QED) is 0.636. The number of nitrogens with one attached hydrogen (secondary N) is 1. The minimum Gasteiger partial charge on any atom is -0.480 e. The molecular formula is C24H36N4O4. The van der Waals surface area contributed by atoms with Crippen molar-refractivity contribution in [3.05, 3.63) is 28.3 Å². The molecule has 0 amide bonds. The van der Waals surface area contributed by atoms with E-state index in [1.54, 1.807) is 16.2 Å². The fourth-order valence-corrected chi connectivity index (χ4v) is 4.73. The lowest BCUT2D eigenvalue weighted by molar-refractivity contribution is -0.141. The number of imidazole rings is 1. The zero-order valence-corrected chi connectivity index (χ0v) is 20.0. The van der Waals surface area contributed by atoms with Crippen LogP contribution in [0.15, 0.2) is 16.9 Å². The molecule has 2 heterocycles. The van der Waals surface area contributed by atoms with Gasteiger partial charge in [-0.2, -0.15) is 0 Å². The molecule has 32 heavy (non-hydrogen) atoms. The highest BCUT2D eigenvalue weighted by Gasteiger charge is 2.39. The van der Waals surface area contributed by atoms with E-state index >= 15 is 0 Å². The van der Waals surface area contributed by atoms with E-state index in [1.165, 1.54) is 0 Å². The third kappa shape index (κ3) is 4.95. The van der Waals surface area contributed by atoms with Gasteiger partial charge in [0.1, 0.15) is 12.3 Å². The molecule has 1 saturated carbocycles. The van der Waals surface area contributed by atoms with Gasteiger partial charge < -0.3 is 15.2 Å². The highest BCUT2D eigenvalue weighted by molar-refractivity contribution is 5.77. The molecule has 0 aliphatic heterocycles. The summed E-state index contributed by atoms with van der Waals surface area (Å²) in [5.74, 6) is -0.860. The Balaban J connectivity index is 1.91. The fraction of sp³-hybridized carbons (Fsp3) is 0.667. The lowest BCUT2D eigenvalue weighted by atomic mass is 9.68. The first kappa shape index (κ1) is 24.2. The number of pyridine rings is 1. The van der Waals surface area contributed by atoms with Crippen molar-refractivity contribution in [2.75, 3.05) is 0 Å². The second-order valence-corrected chi connectivity index (χ2v) is 11.0. The third-order valence-corrected chi connectivity index (χ3v) is 6.69. The number of carboxylic acid groups (broad SMARTS) is 1. The molecule has 8 nitrogen and oxygen atoms in total. The van der Waals surface area contributed by atoms with Crippen LogP contribution in [-0.2, 0) is 23.2 Å². The minimum absolute atomic E-state index is 0.0349. The van der Waals surface area contributed by atoms with Crippen LogP contribution in [0.1, 0.15) is 71.9 Å². The molecule has 1 fully saturated rings. The van der Waals surface area contributed by atoms with Gasteiger partial charge in [-0.3, -0.25) is 13.9 Å². The van der Waals surface area contributed by atoms with Crippen LogP contribution in [0.2, 0.25) is 0 Å². The number of fused-ring (bicyclic) bond motifs is 1. The van der Waals surface area contributed by atoms with Gasteiger partial charge in [-0.25, -0.2) is 9.78 Å². The second-order valence-electron chi connectivity index (χ2n) is 11.0. The van der Waals surface area contributed by atoms with E-state index in [1.807, 2.05) is 12.1 Å². The summed E-state index contributed by atoms with van der Waals surface area (Å²) in [6, 6.07) is 3.04. The molecule has 176 valence electrons. The largest absolute Gasteiger partial charge is 0.480 e. The van der Waals surface area contributed by atoms with Crippen LogP contribution in [0.3, 0.4) is 0 Å². The number of carboxylic acids is 1. The maximum absolute atomic E-state index is 12.8. The van der Waals surface area contributed by atoms with E-state index in [9.17, 15) is 19.5 Å². The molecule has 8 heteroatoms. The molecule has 3 atom stereocenters. The van der Waals surface area contributed by atoms with Gasteiger partial charge >= 0.3 is 11.7 Å². The topological polar surface area (TPSA) is 106 Å². The summed E-state index contributed by atoms with van der Waals surface area (Å²) in [5, 5.41) is 12.7. The van der Waals surface area contributed by atoms with E-state index < -0.39 is 12.0 Å². The number of carbonyl (C=O) groups is 2. The predicted octanol–water partition coefficient (Wildman–Crippen LogP) is 3.08. The summed E-state index contributed by atoms with van der Waals surface area (Å²) in [6.45, 7) is 11.2. The van der Waals surface area contributed by atoms with E-state index in [2.05, 4.69) is 39.9 Å². The number of carbonyl (C=O) groups excluding carboxylic acids is 1. The molecule has 0 bridgehead atoms.